The zero-order chi connectivity index (χ0) is 32.2. The first-order chi connectivity index (χ1) is 22.1. The first kappa shape index (κ1) is 29.9. The number of hydrogen-bond donors (Lipinski definition) is 1. The number of anilines is 1. The Bertz CT molecular complexity index is 2010. The van der Waals surface area contributed by atoms with Crippen LogP contribution in [0.5, 0.6) is 0 Å². The number of amides is 2. The molecule has 2 aliphatic rings. The van der Waals surface area contributed by atoms with Crippen LogP contribution in [0, 0.1) is 19.3 Å². The average Bonchev–Trinajstić information content (AvgIpc) is 3.44. The molecule has 0 radical (unpaired) electrons. The van der Waals surface area contributed by atoms with E-state index in [0.29, 0.717) is 33.6 Å². The lowest BCUT2D eigenvalue weighted by Crippen LogP contribution is -2.47. The normalized spacial score (nSPS) is 20.0. The number of Topliss-reactive ketones (excluding diaryl/α,β-unsaturated/α-hetero) is 1. The number of rotatable bonds is 8. The largest absolute Gasteiger partial charge is 0.325 e. The van der Waals surface area contributed by atoms with Gasteiger partial charge in [0, 0.05) is 36.3 Å². The van der Waals surface area contributed by atoms with Gasteiger partial charge in [0.15, 0.2) is 5.78 Å². The van der Waals surface area contributed by atoms with Crippen molar-refractivity contribution >= 4 is 50.2 Å². The molecule has 46 heavy (non-hydrogen) atoms. The number of benzene rings is 2. The molecule has 2 amide bonds. The summed E-state index contributed by atoms with van der Waals surface area (Å²) in [6.07, 6.45) is 5.65. The monoisotopic (exact) mass is 677 g/mol. The summed E-state index contributed by atoms with van der Waals surface area (Å²) in [6, 6.07) is 18.8. The minimum absolute atomic E-state index is 0.0743. The van der Waals surface area contributed by atoms with E-state index in [4.69, 9.17) is 0 Å². The summed E-state index contributed by atoms with van der Waals surface area (Å²) in [5, 5.41) is 8.24. The lowest BCUT2D eigenvalue weighted by Gasteiger charge is -2.27. The number of fused-ring (bicyclic) bond motifs is 2. The van der Waals surface area contributed by atoms with E-state index in [-0.39, 0.29) is 41.3 Å². The van der Waals surface area contributed by atoms with Gasteiger partial charge in [-0.1, -0.05) is 42.5 Å². The molecule has 1 aliphatic heterocycles. The Morgan fingerprint density at radius 1 is 0.978 bits per heavy atom. The van der Waals surface area contributed by atoms with E-state index in [1.807, 2.05) is 62.4 Å². The van der Waals surface area contributed by atoms with E-state index in [1.54, 1.807) is 22.0 Å². The molecule has 11 heteroatoms. The SMILES string of the molecule is CC(=O)c1nn(CC(=O)N2[C@H](C(=O)Nc3nc(Br)ccc3C)C[C@@]3(Cc4ccccc4)C[C@@H]23)c2ccc(-c3cnc(C)nc3)cc12. The predicted octanol–water partition coefficient (Wildman–Crippen LogP) is 5.71. The Kier molecular flexibility index (Phi) is 7.51. The van der Waals surface area contributed by atoms with E-state index >= 15 is 0 Å². The lowest BCUT2D eigenvalue weighted by molar-refractivity contribution is -0.138. The Hall–Kier alpha value is -4.77. The van der Waals surface area contributed by atoms with E-state index < -0.39 is 6.04 Å². The molecule has 10 nitrogen and oxygen atoms in total. The summed E-state index contributed by atoms with van der Waals surface area (Å²) in [5.41, 5.74) is 4.44. The topological polar surface area (TPSA) is 123 Å². The van der Waals surface area contributed by atoms with E-state index in [9.17, 15) is 14.4 Å². The van der Waals surface area contributed by atoms with Crippen molar-refractivity contribution in [1.82, 2.24) is 29.6 Å². The number of nitrogens with zero attached hydrogens (tertiary/aromatic N) is 6. The second-order valence-electron chi connectivity index (χ2n) is 12.4. The van der Waals surface area contributed by atoms with Gasteiger partial charge in [0.25, 0.3) is 0 Å². The van der Waals surface area contributed by atoms with Crippen LogP contribution < -0.4 is 5.32 Å². The van der Waals surface area contributed by atoms with Crippen molar-refractivity contribution < 1.29 is 14.4 Å². The molecule has 1 aliphatic carbocycles. The maximum absolute atomic E-state index is 14.2. The van der Waals surface area contributed by atoms with Crippen molar-refractivity contribution in [1.29, 1.82) is 0 Å². The molecule has 0 bridgehead atoms. The van der Waals surface area contributed by atoms with Gasteiger partial charge in [-0.15, -0.1) is 0 Å². The molecule has 0 unspecified atom stereocenters. The number of aromatic nitrogens is 5. The molecule has 3 atom stereocenters. The molecule has 4 heterocycles. The number of nitrogens with one attached hydrogen (secondary N) is 1. The third kappa shape index (κ3) is 5.49. The van der Waals surface area contributed by atoms with E-state index in [1.165, 1.54) is 12.5 Å². The lowest BCUT2D eigenvalue weighted by atomic mass is 9.91. The molecule has 232 valence electrons. The number of piperidine rings is 1. The number of aryl methyl sites for hydroxylation is 2. The van der Waals surface area contributed by atoms with Crippen LogP contribution in [0.1, 0.15) is 47.2 Å². The third-order valence-electron chi connectivity index (χ3n) is 9.20. The van der Waals surface area contributed by atoms with Crippen molar-refractivity contribution in [2.45, 2.75) is 58.7 Å². The van der Waals surface area contributed by atoms with Gasteiger partial charge in [0.05, 0.1) is 5.52 Å². The number of ketones is 1. The quantitative estimate of drug-likeness (QED) is 0.165. The molecule has 0 spiro atoms. The van der Waals surface area contributed by atoms with Gasteiger partial charge >= 0.3 is 0 Å². The Labute approximate surface area is 274 Å². The average molecular weight is 679 g/mol. The predicted molar refractivity (Wildman–Crippen MR) is 177 cm³/mol. The van der Waals surface area contributed by atoms with Crippen LogP contribution in [0.3, 0.4) is 0 Å². The fourth-order valence-corrected chi connectivity index (χ4v) is 7.10. The van der Waals surface area contributed by atoms with Crippen LogP contribution in [0.15, 0.2) is 77.7 Å². The molecule has 2 aromatic carbocycles. The number of halogens is 1. The molecule has 7 rings (SSSR count). The van der Waals surface area contributed by atoms with Gasteiger partial charge in [0.2, 0.25) is 11.8 Å². The zero-order valence-electron chi connectivity index (χ0n) is 25.7. The summed E-state index contributed by atoms with van der Waals surface area (Å²) in [5.74, 6) is 0.450. The summed E-state index contributed by atoms with van der Waals surface area (Å²) in [4.78, 5) is 55.6. The number of likely N-dealkylation sites (tertiary alicyclic amines) is 1. The van der Waals surface area contributed by atoms with Crippen molar-refractivity contribution in [3.8, 4) is 11.1 Å². The summed E-state index contributed by atoms with van der Waals surface area (Å²) < 4.78 is 2.19. The highest BCUT2D eigenvalue weighted by atomic mass is 79.9. The summed E-state index contributed by atoms with van der Waals surface area (Å²) in [7, 11) is 0. The highest BCUT2D eigenvalue weighted by Crippen LogP contribution is 2.61. The van der Waals surface area contributed by atoms with Crippen LogP contribution in [-0.4, -0.2) is 59.3 Å². The van der Waals surface area contributed by atoms with E-state index in [0.717, 1.165) is 29.5 Å². The van der Waals surface area contributed by atoms with Gasteiger partial charge in [-0.05, 0) is 89.3 Å². The zero-order valence-corrected chi connectivity index (χ0v) is 27.3. The third-order valence-corrected chi connectivity index (χ3v) is 9.64. The number of hydrogen-bond acceptors (Lipinski definition) is 7. The second kappa shape index (κ2) is 11.5. The van der Waals surface area contributed by atoms with Crippen molar-refractivity contribution in [2.24, 2.45) is 5.41 Å². The van der Waals surface area contributed by atoms with Crippen LogP contribution in [-0.2, 0) is 22.6 Å². The maximum Gasteiger partial charge on any atom is 0.248 e. The highest BCUT2D eigenvalue weighted by molar-refractivity contribution is 9.10. The molecule has 2 fully saturated rings. The molecule has 3 aromatic heterocycles. The summed E-state index contributed by atoms with van der Waals surface area (Å²) in [6.45, 7) is 5.07. The Morgan fingerprint density at radius 2 is 1.74 bits per heavy atom. The highest BCUT2D eigenvalue weighted by Gasteiger charge is 2.66. The molecule has 1 N–H and O–H groups in total. The van der Waals surface area contributed by atoms with Crippen molar-refractivity contribution in [3.63, 3.8) is 0 Å². The number of carbonyl (C=O) groups excluding carboxylic acids is 3. The van der Waals surface area contributed by atoms with Crippen molar-refractivity contribution in [2.75, 3.05) is 5.32 Å². The first-order valence-electron chi connectivity index (χ1n) is 15.2. The fourth-order valence-electron chi connectivity index (χ4n) is 6.79. The number of carbonyl (C=O) groups is 3. The molecule has 1 saturated carbocycles. The van der Waals surface area contributed by atoms with Gasteiger partial charge in [-0.25, -0.2) is 15.0 Å². The van der Waals surface area contributed by atoms with Crippen LogP contribution in [0.25, 0.3) is 22.0 Å². The van der Waals surface area contributed by atoms with Gasteiger partial charge in [-0.2, -0.15) is 5.10 Å². The Balaban J connectivity index is 1.20. The maximum atomic E-state index is 14.2. The minimum Gasteiger partial charge on any atom is -0.325 e. The van der Waals surface area contributed by atoms with E-state index in [2.05, 4.69) is 53.4 Å². The van der Waals surface area contributed by atoms with Crippen LogP contribution in [0.4, 0.5) is 5.82 Å². The summed E-state index contributed by atoms with van der Waals surface area (Å²) >= 11 is 3.39. The molecule has 1 saturated heterocycles. The standard InChI is InChI=1S/C35H32BrN7O3/c1-20-9-12-30(36)39-33(20)40-34(46)28-15-35(14-23-7-5-4-6-8-23)16-29(35)43(28)31(45)19-42-27-11-10-24(25-17-37-22(3)38-18-25)13-26(27)32(41-42)21(2)44/h4-13,17-18,28-29H,14-16,19H2,1-3H3,(H,39,40,46)/t28-,29+,35-/m0/s1. The molecular formula is C35H32BrN7O3. The van der Waals surface area contributed by atoms with Gasteiger partial charge in [0.1, 0.15) is 34.5 Å². The fraction of sp³-hybridized carbons (Fsp3) is 0.286. The molecular weight excluding hydrogens is 646 g/mol. The molecule has 5 aromatic rings. The first-order valence-corrected chi connectivity index (χ1v) is 16.0. The smallest absolute Gasteiger partial charge is 0.248 e. The van der Waals surface area contributed by atoms with Crippen LogP contribution in [0.2, 0.25) is 0 Å². The Morgan fingerprint density at radius 3 is 2.48 bits per heavy atom. The van der Waals surface area contributed by atoms with Gasteiger partial charge in [-0.3, -0.25) is 19.1 Å². The van der Waals surface area contributed by atoms with Crippen LogP contribution >= 0.6 is 15.9 Å². The number of pyridine rings is 1. The second-order valence-corrected chi connectivity index (χ2v) is 13.2. The minimum atomic E-state index is -0.669. The van der Waals surface area contributed by atoms with Gasteiger partial charge < -0.3 is 10.2 Å². The van der Waals surface area contributed by atoms with Crippen molar-refractivity contribution in [3.05, 3.63) is 100 Å².